The van der Waals surface area contributed by atoms with Crippen molar-refractivity contribution in [2.45, 2.75) is 19.3 Å². The number of nitrogens with one attached hydrogen (secondary N) is 1. The lowest BCUT2D eigenvalue weighted by atomic mass is 10.1. The van der Waals surface area contributed by atoms with Gasteiger partial charge in [0.1, 0.15) is 5.82 Å². The second-order valence-electron chi connectivity index (χ2n) is 5.81. The topological polar surface area (TPSA) is 42.7 Å². The van der Waals surface area contributed by atoms with E-state index in [1.807, 2.05) is 29.1 Å². The van der Waals surface area contributed by atoms with Gasteiger partial charge in [0.2, 0.25) is 0 Å². The highest BCUT2D eigenvalue weighted by atomic mass is 79.9. The molecule has 0 bridgehead atoms. The van der Waals surface area contributed by atoms with Crippen molar-refractivity contribution in [2.75, 3.05) is 11.9 Å². The lowest BCUT2D eigenvalue weighted by Crippen LogP contribution is -2.07. The molecule has 1 aliphatic heterocycles. The molecule has 1 aromatic carbocycles. The summed E-state index contributed by atoms with van der Waals surface area (Å²) in [6.45, 7) is 0.972. The molecular weight excluding hydrogens is 432 g/mol. The Balaban J connectivity index is 1.94. The van der Waals surface area contributed by atoms with Crippen molar-refractivity contribution in [3.05, 3.63) is 57.2 Å². The van der Waals surface area contributed by atoms with Crippen molar-refractivity contribution in [1.29, 1.82) is 0 Å². The second-order valence-corrected chi connectivity index (χ2v) is 7.58. The molecule has 0 aliphatic carbocycles. The van der Waals surface area contributed by atoms with Crippen LogP contribution in [0.4, 0.5) is 5.82 Å². The van der Waals surface area contributed by atoms with Gasteiger partial charge in [-0.3, -0.25) is 4.98 Å². The molecule has 4 nitrogen and oxygen atoms in total. The molecule has 3 heterocycles. The molecule has 0 spiro atoms. The summed E-state index contributed by atoms with van der Waals surface area (Å²) in [4.78, 5) is 4.31. The number of rotatable bonds is 2. The third kappa shape index (κ3) is 2.89. The Kier molecular flexibility index (Phi) is 4.41. The Morgan fingerprint density at radius 2 is 1.96 bits per heavy atom. The number of pyridine rings is 1. The number of fused-ring (bicyclic) bond motifs is 1. The quantitative estimate of drug-likeness (QED) is 0.586. The molecule has 0 radical (unpaired) electrons. The van der Waals surface area contributed by atoms with Gasteiger partial charge in [-0.2, -0.15) is 5.10 Å². The van der Waals surface area contributed by atoms with Gasteiger partial charge >= 0.3 is 0 Å². The van der Waals surface area contributed by atoms with Crippen molar-refractivity contribution in [1.82, 2.24) is 14.8 Å². The Labute approximate surface area is 157 Å². The van der Waals surface area contributed by atoms with Gasteiger partial charge in [-0.25, -0.2) is 4.68 Å². The fourth-order valence-corrected chi connectivity index (χ4v) is 3.89. The number of anilines is 1. The summed E-state index contributed by atoms with van der Waals surface area (Å²) in [6.07, 6.45) is 7.03. The minimum Gasteiger partial charge on any atom is -0.370 e. The maximum Gasteiger partial charge on any atom is 0.133 e. The van der Waals surface area contributed by atoms with Gasteiger partial charge < -0.3 is 5.32 Å². The summed E-state index contributed by atoms with van der Waals surface area (Å²) in [7, 11) is 0. The predicted octanol–water partition coefficient (Wildman–Crippen LogP) is 5.21. The van der Waals surface area contributed by atoms with Gasteiger partial charge in [0.25, 0.3) is 0 Å². The zero-order valence-electron chi connectivity index (χ0n) is 13.0. The third-order valence-electron chi connectivity index (χ3n) is 4.19. The summed E-state index contributed by atoms with van der Waals surface area (Å²) >= 11 is 7.16. The van der Waals surface area contributed by atoms with Gasteiger partial charge in [-0.05, 0) is 69.3 Å². The van der Waals surface area contributed by atoms with Crippen molar-refractivity contribution in [2.24, 2.45) is 0 Å². The minimum atomic E-state index is 0.964. The smallest absolute Gasteiger partial charge is 0.133 e. The van der Waals surface area contributed by atoms with Crippen LogP contribution >= 0.6 is 31.9 Å². The zero-order chi connectivity index (χ0) is 16.5. The lowest BCUT2D eigenvalue weighted by Gasteiger charge is -2.10. The predicted molar refractivity (Wildman–Crippen MR) is 104 cm³/mol. The van der Waals surface area contributed by atoms with Crippen LogP contribution < -0.4 is 5.32 Å². The monoisotopic (exact) mass is 446 g/mol. The molecule has 24 heavy (non-hydrogen) atoms. The third-order valence-corrected chi connectivity index (χ3v) is 5.29. The van der Waals surface area contributed by atoms with E-state index in [1.54, 1.807) is 6.20 Å². The summed E-state index contributed by atoms with van der Waals surface area (Å²) in [5.74, 6) is 1.09. The zero-order valence-corrected chi connectivity index (χ0v) is 16.1. The van der Waals surface area contributed by atoms with Gasteiger partial charge in [-0.1, -0.05) is 12.1 Å². The first-order valence-electron chi connectivity index (χ1n) is 7.95. The summed E-state index contributed by atoms with van der Waals surface area (Å²) in [5.41, 5.74) is 4.35. The molecule has 0 atom stereocenters. The number of hydrogen-bond acceptors (Lipinski definition) is 3. The van der Waals surface area contributed by atoms with E-state index in [2.05, 4.69) is 54.3 Å². The molecule has 6 heteroatoms. The normalized spacial score (nSPS) is 13.9. The molecule has 0 saturated heterocycles. The van der Waals surface area contributed by atoms with E-state index >= 15 is 0 Å². The number of halogens is 2. The summed E-state index contributed by atoms with van der Waals surface area (Å²) in [5, 5.41) is 8.51. The van der Waals surface area contributed by atoms with Crippen LogP contribution in [0.1, 0.15) is 18.4 Å². The van der Waals surface area contributed by atoms with Crippen LogP contribution in [0.15, 0.2) is 51.7 Å². The SMILES string of the molecule is Brc1cncc(-c2nn(-c3ccccc3Br)c3c2CCCCN3)c1. The average molecular weight is 448 g/mol. The Bertz CT molecular complexity index is 888. The average Bonchev–Trinajstić information content (AvgIpc) is 2.77. The van der Waals surface area contributed by atoms with Crippen molar-refractivity contribution in [3.63, 3.8) is 0 Å². The van der Waals surface area contributed by atoms with E-state index in [1.165, 1.54) is 12.0 Å². The highest BCUT2D eigenvalue weighted by molar-refractivity contribution is 9.10. The van der Waals surface area contributed by atoms with Crippen molar-refractivity contribution < 1.29 is 0 Å². The maximum absolute atomic E-state index is 4.94. The van der Waals surface area contributed by atoms with Crippen LogP contribution in [0.25, 0.3) is 16.9 Å². The second kappa shape index (κ2) is 6.69. The van der Waals surface area contributed by atoms with Gasteiger partial charge in [0.05, 0.1) is 11.4 Å². The first kappa shape index (κ1) is 15.8. The van der Waals surface area contributed by atoms with Crippen molar-refractivity contribution >= 4 is 37.7 Å². The molecule has 122 valence electrons. The molecule has 2 aromatic heterocycles. The Morgan fingerprint density at radius 3 is 2.79 bits per heavy atom. The van der Waals surface area contributed by atoms with E-state index in [4.69, 9.17) is 5.10 Å². The maximum atomic E-state index is 4.94. The molecule has 0 fully saturated rings. The number of nitrogens with zero attached hydrogens (tertiary/aromatic N) is 3. The van der Waals surface area contributed by atoms with Gasteiger partial charge in [0.15, 0.2) is 0 Å². The van der Waals surface area contributed by atoms with E-state index in [-0.39, 0.29) is 0 Å². The molecule has 0 amide bonds. The summed E-state index contributed by atoms with van der Waals surface area (Å²) in [6, 6.07) is 10.2. The van der Waals surface area contributed by atoms with E-state index in [9.17, 15) is 0 Å². The molecule has 1 aliphatic rings. The number of hydrogen-bond donors (Lipinski definition) is 1. The molecule has 4 rings (SSSR count). The number of benzene rings is 1. The van der Waals surface area contributed by atoms with Crippen LogP contribution in [0.3, 0.4) is 0 Å². The standard InChI is InChI=1S/C18H16Br2N4/c19-13-9-12(10-21-11-13)17-14-5-3-4-8-22-18(14)24(23-17)16-7-2-1-6-15(16)20/h1-2,6-7,9-11,22H,3-5,8H2. The molecule has 0 saturated carbocycles. The summed E-state index contributed by atoms with van der Waals surface area (Å²) < 4.78 is 4.01. The minimum absolute atomic E-state index is 0.964. The van der Waals surface area contributed by atoms with E-state index in [0.29, 0.717) is 0 Å². The molecular formula is C18H16Br2N4. The fourth-order valence-electron chi connectivity index (χ4n) is 3.07. The Hall–Kier alpha value is -1.66. The highest BCUT2D eigenvalue weighted by Gasteiger charge is 2.22. The lowest BCUT2D eigenvalue weighted by molar-refractivity contribution is 0.779. The van der Waals surface area contributed by atoms with E-state index in [0.717, 1.165) is 51.1 Å². The van der Waals surface area contributed by atoms with Crippen LogP contribution in [-0.2, 0) is 6.42 Å². The number of aromatic nitrogens is 3. The van der Waals surface area contributed by atoms with Crippen LogP contribution in [-0.4, -0.2) is 21.3 Å². The van der Waals surface area contributed by atoms with Crippen LogP contribution in [0.5, 0.6) is 0 Å². The highest BCUT2D eigenvalue weighted by Crippen LogP contribution is 2.35. The van der Waals surface area contributed by atoms with E-state index < -0.39 is 0 Å². The molecule has 0 unspecified atom stereocenters. The first-order valence-corrected chi connectivity index (χ1v) is 9.54. The Morgan fingerprint density at radius 1 is 1.08 bits per heavy atom. The number of para-hydroxylation sites is 1. The van der Waals surface area contributed by atoms with Crippen LogP contribution in [0, 0.1) is 0 Å². The molecule has 1 N–H and O–H groups in total. The molecule has 3 aromatic rings. The van der Waals surface area contributed by atoms with Gasteiger partial charge in [-0.15, -0.1) is 0 Å². The van der Waals surface area contributed by atoms with Crippen LogP contribution in [0.2, 0.25) is 0 Å². The first-order chi connectivity index (χ1) is 11.7. The van der Waals surface area contributed by atoms with Gasteiger partial charge in [0, 0.05) is 39.0 Å². The largest absolute Gasteiger partial charge is 0.370 e. The fraction of sp³-hybridized carbons (Fsp3) is 0.222. The van der Waals surface area contributed by atoms with Crippen molar-refractivity contribution in [3.8, 4) is 16.9 Å².